The molecule has 3 aromatic rings. The number of hydrogen-bond donors (Lipinski definition) is 0. The lowest BCUT2D eigenvalue weighted by atomic mass is 10.1. The molecular weight excluding hydrogens is 252 g/mol. The van der Waals surface area contributed by atoms with Crippen LogP contribution < -0.4 is 0 Å². The molecule has 3 heterocycles. The zero-order chi connectivity index (χ0) is 13.8. The smallest absolute Gasteiger partial charge is 0.102 e. The first-order chi connectivity index (χ1) is 9.86. The lowest BCUT2D eigenvalue weighted by molar-refractivity contribution is 0.483. The summed E-state index contributed by atoms with van der Waals surface area (Å²) in [7, 11) is 0. The number of imidazole rings is 1. The van der Waals surface area contributed by atoms with Crippen LogP contribution in [0.3, 0.4) is 0 Å². The van der Waals surface area contributed by atoms with E-state index in [0.717, 1.165) is 17.8 Å². The van der Waals surface area contributed by atoms with Gasteiger partial charge in [0, 0.05) is 18.6 Å². The van der Waals surface area contributed by atoms with Crippen LogP contribution in [0, 0.1) is 0 Å². The van der Waals surface area contributed by atoms with Crippen molar-refractivity contribution in [3.8, 4) is 0 Å². The Morgan fingerprint density at radius 3 is 2.90 bits per heavy atom. The molecule has 0 aliphatic carbocycles. The molecule has 0 amide bonds. The average molecular weight is 268 g/mol. The highest BCUT2D eigenvalue weighted by Gasteiger charge is 2.14. The lowest BCUT2D eigenvalue weighted by Crippen LogP contribution is -2.11. The molecule has 6 nitrogen and oxygen atoms in total. The molecule has 0 aliphatic rings. The zero-order valence-corrected chi connectivity index (χ0v) is 11.3. The van der Waals surface area contributed by atoms with Gasteiger partial charge in [0.25, 0.3) is 0 Å². The van der Waals surface area contributed by atoms with Crippen molar-refractivity contribution >= 4 is 0 Å². The molecule has 0 saturated heterocycles. The first-order valence-electron chi connectivity index (χ1n) is 6.64. The largest absolute Gasteiger partial charge is 0.331 e. The van der Waals surface area contributed by atoms with E-state index >= 15 is 0 Å². The number of rotatable bonds is 5. The van der Waals surface area contributed by atoms with Gasteiger partial charge in [-0.3, -0.25) is 4.98 Å². The summed E-state index contributed by atoms with van der Waals surface area (Å²) in [6.45, 7) is 2.80. The SMILES string of the molecule is CC[C@@H](c1ccccn1)n1cc(Cn2ccnc2)nn1. The molecule has 3 aromatic heterocycles. The molecule has 0 aromatic carbocycles. The molecule has 0 spiro atoms. The fourth-order valence-electron chi connectivity index (χ4n) is 2.21. The van der Waals surface area contributed by atoms with Crippen LogP contribution in [0.25, 0.3) is 0 Å². The lowest BCUT2D eigenvalue weighted by Gasteiger charge is -2.13. The number of hydrogen-bond acceptors (Lipinski definition) is 4. The first-order valence-corrected chi connectivity index (χ1v) is 6.64. The second-order valence-electron chi connectivity index (χ2n) is 4.60. The zero-order valence-electron chi connectivity index (χ0n) is 11.3. The van der Waals surface area contributed by atoms with E-state index in [2.05, 4.69) is 27.2 Å². The van der Waals surface area contributed by atoms with Gasteiger partial charge >= 0.3 is 0 Å². The molecule has 0 bridgehead atoms. The summed E-state index contributed by atoms with van der Waals surface area (Å²) in [6.07, 6.45) is 10.1. The van der Waals surface area contributed by atoms with Gasteiger partial charge in [-0.1, -0.05) is 18.2 Å². The van der Waals surface area contributed by atoms with Crippen molar-refractivity contribution in [2.45, 2.75) is 25.9 Å². The molecule has 0 unspecified atom stereocenters. The Hall–Kier alpha value is -2.50. The molecule has 20 heavy (non-hydrogen) atoms. The van der Waals surface area contributed by atoms with Crippen LogP contribution in [0.1, 0.15) is 30.8 Å². The highest BCUT2D eigenvalue weighted by Crippen LogP contribution is 2.18. The molecule has 1 atom stereocenters. The molecule has 0 aliphatic heterocycles. The standard InChI is InChI=1S/C14H16N6/c1-2-14(13-5-3-4-6-16-13)20-10-12(17-18-20)9-19-8-7-15-11-19/h3-8,10-11,14H,2,9H2,1H3/t14-/m0/s1. The van der Waals surface area contributed by atoms with Gasteiger partial charge in [0.15, 0.2) is 0 Å². The molecule has 0 saturated carbocycles. The van der Waals surface area contributed by atoms with Crippen molar-refractivity contribution < 1.29 is 0 Å². The second-order valence-corrected chi connectivity index (χ2v) is 4.60. The maximum Gasteiger partial charge on any atom is 0.102 e. The van der Waals surface area contributed by atoms with E-state index in [9.17, 15) is 0 Å². The van der Waals surface area contributed by atoms with Crippen molar-refractivity contribution in [3.05, 3.63) is 60.7 Å². The minimum atomic E-state index is 0.125. The summed E-state index contributed by atoms with van der Waals surface area (Å²) in [4.78, 5) is 8.43. The van der Waals surface area contributed by atoms with E-state index in [1.165, 1.54) is 0 Å². The second kappa shape index (κ2) is 5.64. The van der Waals surface area contributed by atoms with Crippen LogP contribution in [0.15, 0.2) is 49.3 Å². The molecule has 3 rings (SSSR count). The topological polar surface area (TPSA) is 61.4 Å². The molecular formula is C14H16N6. The fraction of sp³-hybridized carbons (Fsp3) is 0.286. The normalized spacial score (nSPS) is 12.4. The summed E-state index contributed by atoms with van der Waals surface area (Å²) < 4.78 is 3.85. The van der Waals surface area contributed by atoms with Gasteiger partial charge in [-0.25, -0.2) is 9.67 Å². The van der Waals surface area contributed by atoms with E-state index < -0.39 is 0 Å². The number of aromatic nitrogens is 6. The van der Waals surface area contributed by atoms with Gasteiger partial charge < -0.3 is 4.57 Å². The first kappa shape index (κ1) is 12.5. The van der Waals surface area contributed by atoms with Crippen molar-refractivity contribution in [1.82, 2.24) is 29.5 Å². The predicted octanol–water partition coefficient (Wildman–Crippen LogP) is 1.92. The molecule has 0 N–H and O–H groups in total. The van der Waals surface area contributed by atoms with E-state index in [1.54, 1.807) is 18.7 Å². The van der Waals surface area contributed by atoms with Crippen molar-refractivity contribution in [3.63, 3.8) is 0 Å². The minimum Gasteiger partial charge on any atom is -0.331 e. The van der Waals surface area contributed by atoms with Gasteiger partial charge in [-0.15, -0.1) is 5.10 Å². The van der Waals surface area contributed by atoms with E-state index in [4.69, 9.17) is 0 Å². The minimum absolute atomic E-state index is 0.125. The Morgan fingerprint density at radius 1 is 1.25 bits per heavy atom. The van der Waals surface area contributed by atoms with E-state index in [0.29, 0.717) is 6.54 Å². The Bertz CT molecular complexity index is 643. The third-order valence-corrected chi connectivity index (χ3v) is 3.20. The third kappa shape index (κ3) is 2.59. The van der Waals surface area contributed by atoms with Gasteiger partial charge in [-0.05, 0) is 18.6 Å². The number of nitrogens with zero attached hydrogens (tertiary/aromatic N) is 6. The van der Waals surface area contributed by atoms with E-state index in [1.807, 2.05) is 39.8 Å². The summed E-state index contributed by atoms with van der Waals surface area (Å²) in [5.41, 5.74) is 1.92. The van der Waals surface area contributed by atoms with Crippen LogP contribution in [0.5, 0.6) is 0 Å². The van der Waals surface area contributed by atoms with Crippen molar-refractivity contribution in [2.24, 2.45) is 0 Å². The summed E-state index contributed by atoms with van der Waals surface area (Å²) >= 11 is 0. The fourth-order valence-corrected chi connectivity index (χ4v) is 2.21. The Kier molecular flexibility index (Phi) is 3.54. The molecule has 102 valence electrons. The van der Waals surface area contributed by atoms with Crippen LogP contribution in [0.2, 0.25) is 0 Å². The molecule has 0 fully saturated rings. The molecule has 6 heteroatoms. The monoisotopic (exact) mass is 268 g/mol. The maximum atomic E-state index is 4.41. The van der Waals surface area contributed by atoms with Crippen LogP contribution >= 0.6 is 0 Å². The Balaban J connectivity index is 1.81. The Morgan fingerprint density at radius 2 is 2.20 bits per heavy atom. The summed E-state index contributed by atoms with van der Waals surface area (Å²) in [5, 5.41) is 8.46. The van der Waals surface area contributed by atoms with E-state index in [-0.39, 0.29) is 6.04 Å². The van der Waals surface area contributed by atoms with Crippen LogP contribution in [-0.2, 0) is 6.54 Å². The average Bonchev–Trinajstić information content (AvgIpc) is 3.14. The summed E-state index contributed by atoms with van der Waals surface area (Å²) in [6, 6.07) is 6.06. The van der Waals surface area contributed by atoms with Gasteiger partial charge in [0.2, 0.25) is 0 Å². The van der Waals surface area contributed by atoms with Crippen LogP contribution in [-0.4, -0.2) is 29.5 Å². The Labute approximate surface area is 117 Å². The van der Waals surface area contributed by atoms with Gasteiger partial charge in [0.05, 0.1) is 30.8 Å². The van der Waals surface area contributed by atoms with Gasteiger partial charge in [0.1, 0.15) is 5.69 Å². The predicted molar refractivity (Wildman–Crippen MR) is 74.0 cm³/mol. The highest BCUT2D eigenvalue weighted by molar-refractivity contribution is 5.10. The maximum absolute atomic E-state index is 4.41. The van der Waals surface area contributed by atoms with Crippen LogP contribution in [0.4, 0.5) is 0 Å². The quantitative estimate of drug-likeness (QED) is 0.709. The molecule has 0 radical (unpaired) electrons. The summed E-state index contributed by atoms with van der Waals surface area (Å²) in [5.74, 6) is 0. The van der Waals surface area contributed by atoms with Crippen molar-refractivity contribution in [1.29, 1.82) is 0 Å². The highest BCUT2D eigenvalue weighted by atomic mass is 15.4. The number of pyridine rings is 1. The third-order valence-electron chi connectivity index (χ3n) is 3.20. The van der Waals surface area contributed by atoms with Crippen molar-refractivity contribution in [2.75, 3.05) is 0 Å². The van der Waals surface area contributed by atoms with Gasteiger partial charge in [-0.2, -0.15) is 0 Å².